The van der Waals surface area contributed by atoms with Crippen molar-refractivity contribution < 1.29 is 4.39 Å². The lowest BCUT2D eigenvalue weighted by molar-refractivity contribution is 0.216. The molecule has 1 unspecified atom stereocenters. The number of halogens is 2. The highest BCUT2D eigenvalue weighted by Gasteiger charge is 2.32. The molecule has 0 amide bonds. The maximum Gasteiger partial charge on any atom is 0.147 e. The van der Waals surface area contributed by atoms with Crippen LogP contribution in [0.2, 0.25) is 0 Å². The van der Waals surface area contributed by atoms with E-state index in [-0.39, 0.29) is 11.2 Å². The SMILES string of the molecule is CC1(C)CCCCC1Nc1c(F)cccc1Br. The van der Waals surface area contributed by atoms with Gasteiger partial charge in [-0.3, -0.25) is 0 Å². The normalized spacial score (nSPS) is 23.4. The van der Waals surface area contributed by atoms with Crippen LogP contribution in [0.25, 0.3) is 0 Å². The average molecular weight is 300 g/mol. The third-order valence-corrected chi connectivity index (χ3v) is 4.45. The van der Waals surface area contributed by atoms with Gasteiger partial charge in [-0.1, -0.05) is 32.8 Å². The summed E-state index contributed by atoms with van der Waals surface area (Å²) >= 11 is 3.41. The fourth-order valence-electron chi connectivity index (χ4n) is 2.57. The number of hydrogen-bond acceptors (Lipinski definition) is 1. The molecule has 0 aromatic heterocycles. The molecule has 0 spiro atoms. The first kappa shape index (κ1) is 12.9. The highest BCUT2D eigenvalue weighted by atomic mass is 79.9. The molecule has 0 radical (unpaired) electrons. The van der Waals surface area contributed by atoms with Crippen LogP contribution in [0.5, 0.6) is 0 Å². The van der Waals surface area contributed by atoms with Crippen molar-refractivity contribution >= 4 is 21.6 Å². The zero-order chi connectivity index (χ0) is 12.5. The monoisotopic (exact) mass is 299 g/mol. The number of para-hydroxylation sites is 1. The van der Waals surface area contributed by atoms with Crippen molar-refractivity contribution in [2.45, 2.75) is 45.6 Å². The van der Waals surface area contributed by atoms with Gasteiger partial charge in [0.2, 0.25) is 0 Å². The Morgan fingerprint density at radius 3 is 2.76 bits per heavy atom. The van der Waals surface area contributed by atoms with Crippen LogP contribution in [0, 0.1) is 11.2 Å². The fourth-order valence-corrected chi connectivity index (χ4v) is 3.03. The van der Waals surface area contributed by atoms with Crippen molar-refractivity contribution in [3.63, 3.8) is 0 Å². The van der Waals surface area contributed by atoms with E-state index in [0.29, 0.717) is 11.7 Å². The molecular weight excluding hydrogens is 281 g/mol. The molecule has 94 valence electrons. The maximum atomic E-state index is 13.8. The van der Waals surface area contributed by atoms with Gasteiger partial charge in [-0.15, -0.1) is 0 Å². The van der Waals surface area contributed by atoms with Gasteiger partial charge in [-0.2, -0.15) is 0 Å². The second-order valence-corrected chi connectivity index (χ2v) is 6.38. The average Bonchev–Trinajstić information content (AvgIpc) is 2.25. The van der Waals surface area contributed by atoms with Crippen LogP contribution in [-0.4, -0.2) is 6.04 Å². The Hall–Kier alpha value is -0.570. The molecule has 1 aromatic carbocycles. The minimum Gasteiger partial charge on any atom is -0.378 e. The van der Waals surface area contributed by atoms with Crippen LogP contribution >= 0.6 is 15.9 Å². The summed E-state index contributed by atoms with van der Waals surface area (Å²) in [6.07, 6.45) is 4.83. The van der Waals surface area contributed by atoms with Gasteiger partial charge >= 0.3 is 0 Å². The van der Waals surface area contributed by atoms with Gasteiger partial charge in [0, 0.05) is 10.5 Å². The van der Waals surface area contributed by atoms with Crippen molar-refractivity contribution in [2.24, 2.45) is 5.41 Å². The number of hydrogen-bond donors (Lipinski definition) is 1. The quantitative estimate of drug-likeness (QED) is 0.813. The van der Waals surface area contributed by atoms with E-state index < -0.39 is 0 Å². The minimum atomic E-state index is -0.180. The molecule has 1 aliphatic carbocycles. The predicted octanol–water partition coefficient (Wildman–Crippen LogP) is 4.97. The van der Waals surface area contributed by atoms with Crippen molar-refractivity contribution in [3.8, 4) is 0 Å². The number of nitrogens with one attached hydrogen (secondary N) is 1. The van der Waals surface area contributed by atoms with Gasteiger partial charge in [0.15, 0.2) is 0 Å². The third kappa shape index (κ3) is 2.82. The minimum absolute atomic E-state index is 0.180. The van der Waals surface area contributed by atoms with Crippen LogP contribution in [-0.2, 0) is 0 Å². The Labute approximate surface area is 111 Å². The van der Waals surface area contributed by atoms with Crippen LogP contribution in [0.1, 0.15) is 39.5 Å². The van der Waals surface area contributed by atoms with E-state index in [2.05, 4.69) is 35.1 Å². The van der Waals surface area contributed by atoms with Crippen LogP contribution in [0.3, 0.4) is 0 Å². The number of rotatable bonds is 2. The largest absolute Gasteiger partial charge is 0.378 e. The van der Waals surface area contributed by atoms with E-state index in [0.717, 1.165) is 10.9 Å². The van der Waals surface area contributed by atoms with Gasteiger partial charge in [-0.05, 0) is 46.3 Å². The summed E-state index contributed by atoms with van der Waals surface area (Å²) in [5, 5.41) is 3.39. The Kier molecular flexibility index (Phi) is 3.76. The zero-order valence-corrected chi connectivity index (χ0v) is 12.0. The summed E-state index contributed by atoms with van der Waals surface area (Å²) in [6, 6.07) is 5.45. The Morgan fingerprint density at radius 2 is 2.12 bits per heavy atom. The molecule has 1 fully saturated rings. The van der Waals surface area contributed by atoms with Crippen LogP contribution < -0.4 is 5.32 Å². The summed E-state index contributed by atoms with van der Waals surface area (Å²) in [7, 11) is 0. The van der Waals surface area contributed by atoms with E-state index in [1.165, 1.54) is 25.3 Å². The van der Waals surface area contributed by atoms with Gasteiger partial charge in [0.05, 0.1) is 5.69 Å². The molecule has 1 aliphatic rings. The standard InChI is InChI=1S/C14H19BrFN/c1-14(2)9-4-3-8-12(14)17-13-10(15)6-5-7-11(13)16/h5-7,12,17H,3-4,8-9H2,1-2H3. The van der Waals surface area contributed by atoms with Gasteiger partial charge in [-0.25, -0.2) is 4.39 Å². The fraction of sp³-hybridized carbons (Fsp3) is 0.571. The molecule has 1 atom stereocenters. The molecule has 0 bridgehead atoms. The highest BCUT2D eigenvalue weighted by molar-refractivity contribution is 9.10. The molecule has 1 saturated carbocycles. The maximum absolute atomic E-state index is 13.8. The lowest BCUT2D eigenvalue weighted by atomic mass is 9.73. The first-order valence-electron chi connectivity index (χ1n) is 6.21. The predicted molar refractivity (Wildman–Crippen MR) is 73.8 cm³/mol. The van der Waals surface area contributed by atoms with Crippen LogP contribution in [0.15, 0.2) is 22.7 Å². The molecule has 0 saturated heterocycles. The molecule has 1 N–H and O–H groups in total. The summed E-state index contributed by atoms with van der Waals surface area (Å²) < 4.78 is 14.6. The number of anilines is 1. The van der Waals surface area contributed by atoms with E-state index in [1.54, 1.807) is 6.07 Å². The summed E-state index contributed by atoms with van der Waals surface area (Å²) in [6.45, 7) is 4.52. The topological polar surface area (TPSA) is 12.0 Å². The van der Waals surface area contributed by atoms with E-state index in [1.807, 2.05) is 6.07 Å². The summed E-state index contributed by atoms with van der Waals surface area (Å²) in [4.78, 5) is 0. The second kappa shape index (κ2) is 4.97. The van der Waals surface area contributed by atoms with Gasteiger partial charge < -0.3 is 5.32 Å². The first-order valence-corrected chi connectivity index (χ1v) is 7.00. The molecular formula is C14H19BrFN. The lowest BCUT2D eigenvalue weighted by Crippen LogP contribution is -2.39. The van der Waals surface area contributed by atoms with Crippen molar-refractivity contribution in [1.82, 2.24) is 0 Å². The molecule has 17 heavy (non-hydrogen) atoms. The smallest absolute Gasteiger partial charge is 0.147 e. The highest BCUT2D eigenvalue weighted by Crippen LogP contribution is 2.38. The Morgan fingerprint density at radius 1 is 1.35 bits per heavy atom. The molecule has 0 aliphatic heterocycles. The first-order chi connectivity index (χ1) is 8.00. The van der Waals surface area contributed by atoms with Crippen molar-refractivity contribution in [2.75, 3.05) is 5.32 Å². The summed E-state index contributed by atoms with van der Waals surface area (Å²) in [5.41, 5.74) is 0.840. The van der Waals surface area contributed by atoms with Gasteiger partial charge in [0.25, 0.3) is 0 Å². The third-order valence-electron chi connectivity index (χ3n) is 3.79. The Balaban J connectivity index is 2.20. The van der Waals surface area contributed by atoms with Crippen molar-refractivity contribution in [1.29, 1.82) is 0 Å². The van der Waals surface area contributed by atoms with E-state index in [9.17, 15) is 4.39 Å². The molecule has 2 rings (SSSR count). The summed E-state index contributed by atoms with van der Waals surface area (Å²) in [5.74, 6) is -0.180. The molecule has 1 nitrogen and oxygen atoms in total. The lowest BCUT2D eigenvalue weighted by Gasteiger charge is -2.39. The van der Waals surface area contributed by atoms with Crippen LogP contribution in [0.4, 0.5) is 10.1 Å². The second-order valence-electron chi connectivity index (χ2n) is 5.53. The zero-order valence-electron chi connectivity index (χ0n) is 10.4. The molecule has 3 heteroatoms. The molecule has 0 heterocycles. The van der Waals surface area contributed by atoms with E-state index in [4.69, 9.17) is 0 Å². The number of benzene rings is 1. The Bertz CT molecular complexity index is 383. The van der Waals surface area contributed by atoms with Crippen molar-refractivity contribution in [3.05, 3.63) is 28.5 Å². The van der Waals surface area contributed by atoms with E-state index >= 15 is 0 Å². The molecule has 1 aromatic rings. The van der Waals surface area contributed by atoms with Gasteiger partial charge in [0.1, 0.15) is 5.82 Å².